The number of carbonyl (C=O) groups excluding carboxylic acids is 1. The molecule has 2 N–H and O–H groups in total. The van der Waals surface area contributed by atoms with Crippen LogP contribution in [-0.4, -0.2) is 53.2 Å². The van der Waals surface area contributed by atoms with E-state index in [1.165, 1.54) is 0 Å². The minimum atomic E-state index is -0.956. The van der Waals surface area contributed by atoms with Crippen molar-refractivity contribution in [1.29, 1.82) is 0 Å². The molecule has 0 unspecified atom stereocenters. The number of hydrogen-bond donors (Lipinski definition) is 2. The van der Waals surface area contributed by atoms with Gasteiger partial charge in [-0.15, -0.1) is 0 Å². The molecule has 2 aliphatic rings. The predicted molar refractivity (Wildman–Crippen MR) is 158 cm³/mol. The van der Waals surface area contributed by atoms with Gasteiger partial charge in [0.1, 0.15) is 6.04 Å². The summed E-state index contributed by atoms with van der Waals surface area (Å²) >= 11 is 0. The third-order valence-electron chi connectivity index (χ3n) is 9.12. The second-order valence-corrected chi connectivity index (χ2v) is 13.1. The van der Waals surface area contributed by atoms with E-state index in [1.54, 1.807) is 25.3 Å². The maximum atomic E-state index is 14.3. The van der Waals surface area contributed by atoms with Gasteiger partial charge >= 0.3 is 5.97 Å². The number of ether oxygens (including phenoxy) is 2. The molecule has 1 amide bonds. The summed E-state index contributed by atoms with van der Waals surface area (Å²) < 4.78 is 11.3. The molecule has 2 fully saturated rings. The summed E-state index contributed by atoms with van der Waals surface area (Å²) in [6.07, 6.45) is 6.51. The molecule has 1 saturated carbocycles. The van der Waals surface area contributed by atoms with Crippen LogP contribution in [-0.2, 0) is 26.5 Å². The topological polar surface area (TPSA) is 101 Å². The number of carboxylic acids is 1. The first-order valence-corrected chi connectivity index (χ1v) is 14.8. The zero-order valence-corrected chi connectivity index (χ0v) is 25.6. The fourth-order valence-corrected chi connectivity index (χ4v) is 6.77. The van der Waals surface area contributed by atoms with Gasteiger partial charge in [0.05, 0.1) is 18.8 Å². The molecule has 1 aliphatic heterocycles. The van der Waals surface area contributed by atoms with Crippen molar-refractivity contribution >= 4 is 11.9 Å². The SMILES string of the molecule is COc1ncc(C(C)(C)OC)cc1CN[C@H]1[C@H](C(C)(C)C)[C@@H](C(=O)O)N(C(=O)C2CCCCC2)[C@H]1c1ccccc1. The molecule has 1 aromatic heterocycles. The molecule has 8 nitrogen and oxygen atoms in total. The van der Waals surface area contributed by atoms with Crippen LogP contribution in [0.4, 0.5) is 0 Å². The molecular formula is C33H47N3O5. The lowest BCUT2D eigenvalue weighted by Crippen LogP contribution is -2.49. The van der Waals surface area contributed by atoms with Crippen LogP contribution in [0.5, 0.6) is 5.88 Å². The molecule has 0 radical (unpaired) electrons. The Kier molecular flexibility index (Phi) is 9.44. The Morgan fingerprint density at radius 2 is 1.71 bits per heavy atom. The van der Waals surface area contributed by atoms with E-state index in [4.69, 9.17) is 9.47 Å². The number of carbonyl (C=O) groups is 2. The lowest BCUT2D eigenvalue weighted by atomic mass is 9.72. The first kappa shape index (κ1) is 31.0. The fraction of sp³-hybridized carbons (Fsp3) is 0.606. The monoisotopic (exact) mass is 565 g/mol. The van der Waals surface area contributed by atoms with Crippen LogP contribution >= 0.6 is 0 Å². The van der Waals surface area contributed by atoms with Gasteiger partial charge in [-0.05, 0) is 43.7 Å². The Bertz CT molecular complexity index is 1200. The summed E-state index contributed by atoms with van der Waals surface area (Å²) in [6, 6.07) is 10.2. The highest BCUT2D eigenvalue weighted by Crippen LogP contribution is 2.49. The zero-order valence-electron chi connectivity index (χ0n) is 25.6. The average molecular weight is 566 g/mol. The maximum Gasteiger partial charge on any atom is 0.326 e. The normalized spacial score (nSPS) is 23.9. The summed E-state index contributed by atoms with van der Waals surface area (Å²) in [5.41, 5.74) is 1.75. The van der Waals surface area contributed by atoms with E-state index in [0.717, 1.165) is 48.8 Å². The molecule has 0 spiro atoms. The second-order valence-electron chi connectivity index (χ2n) is 13.1. The number of amides is 1. The van der Waals surface area contributed by atoms with Crippen molar-refractivity contribution < 1.29 is 24.2 Å². The van der Waals surface area contributed by atoms with Crippen molar-refractivity contribution in [2.45, 2.75) is 97.0 Å². The number of aliphatic carboxylic acids is 1. The molecule has 2 heterocycles. The van der Waals surface area contributed by atoms with Gasteiger partial charge in [0.25, 0.3) is 0 Å². The number of methoxy groups -OCH3 is 2. The molecule has 41 heavy (non-hydrogen) atoms. The van der Waals surface area contributed by atoms with Gasteiger partial charge < -0.3 is 24.8 Å². The number of carboxylic acid groups (broad SMARTS) is 1. The van der Waals surface area contributed by atoms with Crippen LogP contribution in [0.25, 0.3) is 0 Å². The highest BCUT2D eigenvalue weighted by Gasteiger charge is 2.58. The molecule has 1 aliphatic carbocycles. The number of benzene rings is 1. The van der Waals surface area contributed by atoms with Gasteiger partial charge in [-0.3, -0.25) is 4.79 Å². The molecule has 0 bridgehead atoms. The van der Waals surface area contributed by atoms with Gasteiger partial charge in [-0.25, -0.2) is 9.78 Å². The molecular weight excluding hydrogens is 518 g/mol. The number of aromatic nitrogens is 1. The smallest absolute Gasteiger partial charge is 0.326 e. The highest BCUT2D eigenvalue weighted by atomic mass is 16.5. The summed E-state index contributed by atoms with van der Waals surface area (Å²) in [5, 5.41) is 14.4. The molecule has 1 aromatic carbocycles. The van der Waals surface area contributed by atoms with Crippen LogP contribution in [0, 0.1) is 17.3 Å². The predicted octanol–water partition coefficient (Wildman–Crippen LogP) is 5.71. The minimum Gasteiger partial charge on any atom is -0.481 e. The van der Waals surface area contributed by atoms with Crippen molar-refractivity contribution in [3.05, 3.63) is 59.3 Å². The van der Waals surface area contributed by atoms with E-state index in [1.807, 2.05) is 50.2 Å². The molecule has 8 heteroatoms. The second kappa shape index (κ2) is 12.5. The van der Waals surface area contributed by atoms with Crippen molar-refractivity contribution in [3.63, 3.8) is 0 Å². The number of likely N-dealkylation sites (tertiary alicyclic amines) is 1. The minimum absolute atomic E-state index is 0.0346. The third kappa shape index (κ3) is 6.44. The Labute approximate surface area is 244 Å². The van der Waals surface area contributed by atoms with Crippen LogP contribution in [0.1, 0.15) is 89.5 Å². The van der Waals surface area contributed by atoms with Crippen molar-refractivity contribution in [2.75, 3.05) is 14.2 Å². The van der Waals surface area contributed by atoms with E-state index in [2.05, 4.69) is 31.1 Å². The van der Waals surface area contributed by atoms with Crippen molar-refractivity contribution in [3.8, 4) is 5.88 Å². The van der Waals surface area contributed by atoms with Gasteiger partial charge in [0.15, 0.2) is 0 Å². The van der Waals surface area contributed by atoms with E-state index in [0.29, 0.717) is 12.4 Å². The third-order valence-corrected chi connectivity index (χ3v) is 9.12. The molecule has 1 saturated heterocycles. The van der Waals surface area contributed by atoms with Gasteiger partial charge in [-0.2, -0.15) is 0 Å². The molecule has 224 valence electrons. The summed E-state index contributed by atoms with van der Waals surface area (Å²) in [5.74, 6) is -0.988. The Hall–Kier alpha value is -2.97. The summed E-state index contributed by atoms with van der Waals surface area (Å²) in [7, 11) is 3.27. The summed E-state index contributed by atoms with van der Waals surface area (Å²) in [6.45, 7) is 10.6. The van der Waals surface area contributed by atoms with E-state index >= 15 is 0 Å². The number of nitrogens with one attached hydrogen (secondary N) is 1. The van der Waals surface area contributed by atoms with Crippen LogP contribution in [0.3, 0.4) is 0 Å². The van der Waals surface area contributed by atoms with E-state index in [9.17, 15) is 14.7 Å². The number of nitrogens with zero attached hydrogens (tertiary/aromatic N) is 2. The van der Waals surface area contributed by atoms with Crippen LogP contribution in [0.2, 0.25) is 0 Å². The molecule has 2 aromatic rings. The largest absolute Gasteiger partial charge is 0.481 e. The van der Waals surface area contributed by atoms with Crippen molar-refractivity contribution in [1.82, 2.24) is 15.2 Å². The van der Waals surface area contributed by atoms with Crippen LogP contribution < -0.4 is 10.1 Å². The Morgan fingerprint density at radius 3 is 2.27 bits per heavy atom. The van der Waals surface area contributed by atoms with Gasteiger partial charge in [-0.1, -0.05) is 70.4 Å². The maximum absolute atomic E-state index is 14.3. The van der Waals surface area contributed by atoms with E-state index in [-0.39, 0.29) is 23.8 Å². The first-order chi connectivity index (χ1) is 19.4. The first-order valence-electron chi connectivity index (χ1n) is 14.8. The zero-order chi connectivity index (χ0) is 29.9. The van der Waals surface area contributed by atoms with E-state index < -0.39 is 29.1 Å². The van der Waals surface area contributed by atoms with Gasteiger partial charge in [0, 0.05) is 48.9 Å². The average Bonchev–Trinajstić information content (AvgIpc) is 3.32. The standard InChI is InChI=1S/C33H47N3O5/c1-32(2,3)25-26(34-19-23-18-24(33(4,5)41-7)20-35-29(23)40-6)27(21-14-10-8-11-15-21)36(28(25)31(38)39)30(37)22-16-12-9-13-17-22/h8,10-11,14-15,18,20,22,25-28,34H,9,12-13,16-17,19H2,1-7H3,(H,38,39)/t25-,26-,27-,28-/m0/s1. The Morgan fingerprint density at radius 1 is 1.05 bits per heavy atom. The highest BCUT2D eigenvalue weighted by molar-refractivity contribution is 5.87. The lowest BCUT2D eigenvalue weighted by molar-refractivity contribution is -0.154. The number of pyridine rings is 1. The fourth-order valence-electron chi connectivity index (χ4n) is 6.77. The Balaban J connectivity index is 1.80. The van der Waals surface area contributed by atoms with Crippen molar-refractivity contribution in [2.24, 2.45) is 17.3 Å². The number of hydrogen-bond acceptors (Lipinski definition) is 6. The molecule has 4 rings (SSSR count). The number of rotatable bonds is 9. The molecule has 4 atom stereocenters. The summed E-state index contributed by atoms with van der Waals surface area (Å²) in [4.78, 5) is 33.6. The van der Waals surface area contributed by atoms with Gasteiger partial charge in [0.2, 0.25) is 11.8 Å². The lowest BCUT2D eigenvalue weighted by Gasteiger charge is -2.36. The quantitative estimate of drug-likeness (QED) is 0.402. The van der Waals surface area contributed by atoms with Crippen LogP contribution in [0.15, 0.2) is 42.6 Å².